The number of halogens is 1. The number of alkyl carbamates (subject to hydrolysis) is 1. The molecule has 0 spiro atoms. The Morgan fingerprint density at radius 3 is 2.23 bits per heavy atom. The number of carbonyl (C=O) groups is 3. The van der Waals surface area contributed by atoms with E-state index in [1.165, 1.54) is 18.2 Å². The largest absolute Gasteiger partial charge is 0.478 e. The van der Waals surface area contributed by atoms with Gasteiger partial charge in [-0.15, -0.1) is 0 Å². The lowest BCUT2D eigenvalue weighted by molar-refractivity contribution is -0.116. The summed E-state index contributed by atoms with van der Waals surface area (Å²) in [5.74, 6) is -1.69. The van der Waals surface area contributed by atoms with Crippen molar-refractivity contribution in [2.24, 2.45) is 0 Å². The summed E-state index contributed by atoms with van der Waals surface area (Å²) in [5.41, 5.74) is 4.55. The van der Waals surface area contributed by atoms with Crippen LogP contribution >= 0.6 is 11.6 Å². The van der Waals surface area contributed by atoms with Crippen molar-refractivity contribution >= 4 is 35.3 Å². The van der Waals surface area contributed by atoms with Crippen molar-refractivity contribution in [2.75, 3.05) is 11.9 Å². The SMILES string of the molecule is CCC(CC(=O)Nc1ccc(Cl)cc1C(=O)O)NC(=O)OCC1c2ccccc2-c2ccccc21. The number of hydrogen-bond acceptors (Lipinski definition) is 4. The molecule has 3 aromatic carbocycles. The molecule has 8 heteroatoms. The maximum atomic E-state index is 12.6. The van der Waals surface area contributed by atoms with Crippen LogP contribution in [0.3, 0.4) is 0 Å². The molecule has 0 fully saturated rings. The molecule has 0 aromatic heterocycles. The van der Waals surface area contributed by atoms with Gasteiger partial charge in [-0.2, -0.15) is 0 Å². The molecule has 0 aliphatic heterocycles. The van der Waals surface area contributed by atoms with Crippen LogP contribution in [-0.4, -0.2) is 35.7 Å². The quantitative estimate of drug-likeness (QED) is 0.375. The zero-order valence-electron chi connectivity index (χ0n) is 19.1. The van der Waals surface area contributed by atoms with Crippen molar-refractivity contribution in [3.8, 4) is 11.1 Å². The Hall–Kier alpha value is -3.84. The van der Waals surface area contributed by atoms with Crippen LogP contribution in [0.1, 0.15) is 47.2 Å². The minimum Gasteiger partial charge on any atom is -0.478 e. The Morgan fingerprint density at radius 2 is 1.63 bits per heavy atom. The molecule has 0 bridgehead atoms. The smallest absolute Gasteiger partial charge is 0.407 e. The summed E-state index contributed by atoms with van der Waals surface area (Å²) in [7, 11) is 0. The average molecular weight is 493 g/mol. The van der Waals surface area contributed by atoms with E-state index in [4.69, 9.17) is 16.3 Å². The summed E-state index contributed by atoms with van der Waals surface area (Å²) in [6, 6.07) is 19.9. The van der Waals surface area contributed by atoms with Gasteiger partial charge in [0, 0.05) is 23.4 Å². The number of benzene rings is 3. The molecule has 4 rings (SSSR count). The van der Waals surface area contributed by atoms with Gasteiger partial charge in [0.25, 0.3) is 0 Å². The Bertz CT molecular complexity index is 1230. The van der Waals surface area contributed by atoms with E-state index in [1.54, 1.807) is 0 Å². The summed E-state index contributed by atoms with van der Waals surface area (Å²) < 4.78 is 5.56. The van der Waals surface area contributed by atoms with Gasteiger partial charge in [-0.1, -0.05) is 67.1 Å². The highest BCUT2D eigenvalue weighted by molar-refractivity contribution is 6.31. The molecule has 180 valence electrons. The Morgan fingerprint density at radius 1 is 1.00 bits per heavy atom. The predicted molar refractivity (Wildman–Crippen MR) is 134 cm³/mol. The number of carboxylic acids is 1. The minimum absolute atomic E-state index is 0.0393. The molecular weight excluding hydrogens is 468 g/mol. The van der Waals surface area contributed by atoms with Crippen molar-refractivity contribution in [2.45, 2.75) is 31.7 Å². The third-order valence-corrected chi connectivity index (χ3v) is 6.31. The maximum absolute atomic E-state index is 12.6. The summed E-state index contributed by atoms with van der Waals surface area (Å²) in [5, 5.41) is 14.9. The minimum atomic E-state index is -1.20. The van der Waals surface area contributed by atoms with E-state index in [0.29, 0.717) is 6.42 Å². The van der Waals surface area contributed by atoms with Crippen molar-refractivity contribution < 1.29 is 24.2 Å². The van der Waals surface area contributed by atoms with E-state index in [9.17, 15) is 19.5 Å². The van der Waals surface area contributed by atoms with Crippen LogP contribution in [-0.2, 0) is 9.53 Å². The normalized spacial score (nSPS) is 12.9. The second-order valence-electron chi connectivity index (χ2n) is 8.32. The summed E-state index contributed by atoms with van der Waals surface area (Å²) in [4.78, 5) is 36.5. The second-order valence-corrected chi connectivity index (χ2v) is 8.76. The number of ether oxygens (including phenoxy) is 1. The van der Waals surface area contributed by atoms with Gasteiger partial charge in [-0.25, -0.2) is 9.59 Å². The lowest BCUT2D eigenvalue weighted by Gasteiger charge is -2.19. The lowest BCUT2D eigenvalue weighted by atomic mass is 9.98. The summed E-state index contributed by atoms with van der Waals surface area (Å²) in [6.07, 6.45) is -0.156. The van der Waals surface area contributed by atoms with E-state index < -0.39 is 24.0 Å². The van der Waals surface area contributed by atoms with E-state index in [2.05, 4.69) is 22.8 Å². The second kappa shape index (κ2) is 10.6. The first-order valence-corrected chi connectivity index (χ1v) is 11.7. The number of aromatic carboxylic acids is 1. The van der Waals surface area contributed by atoms with Crippen LogP contribution in [0.15, 0.2) is 66.7 Å². The molecule has 3 N–H and O–H groups in total. The van der Waals surface area contributed by atoms with Crippen molar-refractivity contribution in [1.82, 2.24) is 5.32 Å². The average Bonchev–Trinajstić information content (AvgIpc) is 3.17. The number of nitrogens with one attached hydrogen (secondary N) is 2. The summed E-state index contributed by atoms with van der Waals surface area (Å²) in [6.45, 7) is 2.02. The van der Waals surface area contributed by atoms with E-state index in [0.717, 1.165) is 22.3 Å². The Kier molecular flexibility index (Phi) is 7.36. The van der Waals surface area contributed by atoms with Gasteiger partial charge in [0.05, 0.1) is 11.3 Å². The number of hydrogen-bond donors (Lipinski definition) is 3. The number of carbonyl (C=O) groups excluding carboxylic acids is 2. The number of rotatable bonds is 8. The fourth-order valence-corrected chi connectivity index (χ4v) is 4.50. The third kappa shape index (κ3) is 5.46. The molecule has 2 amide bonds. The maximum Gasteiger partial charge on any atom is 0.407 e. The van der Waals surface area contributed by atoms with Gasteiger partial charge in [0.2, 0.25) is 5.91 Å². The van der Waals surface area contributed by atoms with Crippen LogP contribution in [0.4, 0.5) is 10.5 Å². The highest BCUT2D eigenvalue weighted by Gasteiger charge is 2.29. The molecular formula is C27H25ClN2O5. The van der Waals surface area contributed by atoms with Gasteiger partial charge < -0.3 is 20.5 Å². The van der Waals surface area contributed by atoms with Crippen LogP contribution in [0.25, 0.3) is 11.1 Å². The topological polar surface area (TPSA) is 105 Å². The van der Waals surface area contributed by atoms with Crippen LogP contribution in [0.2, 0.25) is 5.02 Å². The zero-order chi connectivity index (χ0) is 24.9. The lowest BCUT2D eigenvalue weighted by Crippen LogP contribution is -2.38. The molecule has 1 atom stereocenters. The van der Waals surface area contributed by atoms with Crippen molar-refractivity contribution in [3.05, 3.63) is 88.4 Å². The zero-order valence-corrected chi connectivity index (χ0v) is 19.8. The van der Waals surface area contributed by atoms with Crippen LogP contribution in [0, 0.1) is 0 Å². The van der Waals surface area contributed by atoms with Gasteiger partial charge in [0.15, 0.2) is 0 Å². The number of anilines is 1. The molecule has 35 heavy (non-hydrogen) atoms. The fraction of sp³-hybridized carbons (Fsp3) is 0.222. The van der Waals surface area contributed by atoms with Gasteiger partial charge in [0.1, 0.15) is 6.61 Å². The molecule has 0 saturated carbocycles. The van der Waals surface area contributed by atoms with Crippen LogP contribution < -0.4 is 10.6 Å². The van der Waals surface area contributed by atoms with E-state index in [-0.39, 0.29) is 35.2 Å². The molecule has 1 unspecified atom stereocenters. The molecule has 1 aliphatic carbocycles. The van der Waals surface area contributed by atoms with Gasteiger partial charge >= 0.3 is 12.1 Å². The Labute approximate surface area is 208 Å². The van der Waals surface area contributed by atoms with Gasteiger partial charge in [-0.05, 0) is 46.9 Å². The molecule has 0 radical (unpaired) electrons. The predicted octanol–water partition coefficient (Wildman–Crippen LogP) is 5.68. The van der Waals surface area contributed by atoms with Crippen molar-refractivity contribution in [1.29, 1.82) is 0 Å². The van der Waals surface area contributed by atoms with Gasteiger partial charge in [-0.3, -0.25) is 4.79 Å². The first-order chi connectivity index (χ1) is 16.9. The highest BCUT2D eigenvalue weighted by atomic mass is 35.5. The van der Waals surface area contributed by atoms with Crippen molar-refractivity contribution in [3.63, 3.8) is 0 Å². The first-order valence-electron chi connectivity index (χ1n) is 11.3. The van der Waals surface area contributed by atoms with E-state index >= 15 is 0 Å². The first kappa shape index (κ1) is 24.3. The third-order valence-electron chi connectivity index (χ3n) is 6.08. The Balaban J connectivity index is 1.35. The fourth-order valence-electron chi connectivity index (χ4n) is 4.33. The molecule has 0 heterocycles. The molecule has 3 aromatic rings. The molecule has 0 saturated heterocycles. The molecule has 1 aliphatic rings. The number of fused-ring (bicyclic) bond motifs is 3. The van der Waals surface area contributed by atoms with Crippen LogP contribution in [0.5, 0.6) is 0 Å². The number of amides is 2. The number of carboxylic acid groups (broad SMARTS) is 1. The molecule has 7 nitrogen and oxygen atoms in total. The monoisotopic (exact) mass is 492 g/mol. The summed E-state index contributed by atoms with van der Waals surface area (Å²) >= 11 is 5.86. The van der Waals surface area contributed by atoms with E-state index in [1.807, 2.05) is 43.3 Å². The highest BCUT2D eigenvalue weighted by Crippen LogP contribution is 2.44. The standard InChI is InChI=1S/C27H25ClN2O5/c1-2-17(14-25(31)30-24-12-11-16(28)13-22(24)26(32)33)29-27(34)35-15-23-20-9-5-3-7-18(20)19-8-4-6-10-21(19)23/h3-13,17,23H,2,14-15H2,1H3,(H,29,34)(H,30,31)(H,32,33).